The van der Waals surface area contributed by atoms with Gasteiger partial charge in [0.1, 0.15) is 0 Å². The highest BCUT2D eigenvalue weighted by Crippen LogP contribution is 2.30. The highest BCUT2D eigenvalue weighted by Gasteiger charge is 2.25. The third-order valence-corrected chi connectivity index (χ3v) is 3.45. The van der Waals surface area contributed by atoms with Gasteiger partial charge in [-0.15, -0.1) is 0 Å². The number of nitrogens with zero attached hydrogens (tertiary/aromatic N) is 1. The minimum absolute atomic E-state index is 0.0112. The van der Waals surface area contributed by atoms with Crippen LogP contribution in [-0.4, -0.2) is 31.2 Å². The number of anilines is 1. The maximum absolute atomic E-state index is 11.6. The van der Waals surface area contributed by atoms with Crippen LogP contribution in [0.2, 0.25) is 0 Å². The van der Waals surface area contributed by atoms with Gasteiger partial charge in [0.2, 0.25) is 5.91 Å². The number of aliphatic hydroxyl groups excluding tert-OH is 1. The van der Waals surface area contributed by atoms with Gasteiger partial charge in [-0.3, -0.25) is 4.79 Å². The molecule has 92 valence electrons. The molecule has 0 aliphatic carbocycles. The van der Waals surface area contributed by atoms with Crippen LogP contribution in [0.25, 0.3) is 0 Å². The first-order valence-corrected chi connectivity index (χ1v) is 5.79. The van der Waals surface area contributed by atoms with Crippen LogP contribution in [0.3, 0.4) is 0 Å². The first kappa shape index (κ1) is 12.1. The maximum atomic E-state index is 11.6. The fraction of sp³-hybridized carbons (Fsp3) is 0.462. The second-order valence-electron chi connectivity index (χ2n) is 4.54. The third kappa shape index (κ3) is 2.06. The van der Waals surface area contributed by atoms with Crippen LogP contribution in [0.5, 0.6) is 0 Å². The summed E-state index contributed by atoms with van der Waals surface area (Å²) in [6, 6.07) is 5.70. The second kappa shape index (κ2) is 4.47. The lowest BCUT2D eigenvalue weighted by Crippen LogP contribution is -2.28. The summed E-state index contributed by atoms with van der Waals surface area (Å²) in [4.78, 5) is 13.2. The smallest absolute Gasteiger partial charge is 0.231 e. The van der Waals surface area contributed by atoms with E-state index in [9.17, 15) is 9.90 Å². The summed E-state index contributed by atoms with van der Waals surface area (Å²) >= 11 is 0. The predicted molar refractivity (Wildman–Crippen MR) is 67.0 cm³/mol. The molecule has 2 N–H and O–H groups in total. The average molecular weight is 234 g/mol. The minimum atomic E-state index is -0.550. The van der Waals surface area contributed by atoms with Crippen molar-refractivity contribution in [3.8, 4) is 0 Å². The molecule has 1 aliphatic rings. The van der Waals surface area contributed by atoms with Gasteiger partial charge in [-0.25, -0.2) is 0 Å². The number of aliphatic hydroxyl groups is 1. The largest absolute Gasteiger partial charge is 0.387 e. The Morgan fingerprint density at radius 2 is 2.18 bits per heavy atom. The number of fused-ring (bicyclic) bond motifs is 1. The first-order chi connectivity index (χ1) is 8.04. The quantitative estimate of drug-likeness (QED) is 0.815. The Morgan fingerprint density at radius 1 is 1.47 bits per heavy atom. The third-order valence-electron chi connectivity index (χ3n) is 3.45. The van der Waals surface area contributed by atoms with Gasteiger partial charge in [-0.05, 0) is 31.2 Å². The average Bonchev–Trinajstić information content (AvgIpc) is 2.62. The van der Waals surface area contributed by atoms with Crippen LogP contribution in [0.1, 0.15) is 24.2 Å². The Balaban J connectivity index is 2.30. The molecule has 0 fully saturated rings. The number of nitrogens with one attached hydrogen (secondary N) is 1. The van der Waals surface area contributed by atoms with Crippen molar-refractivity contribution in [3.63, 3.8) is 0 Å². The molecular weight excluding hydrogens is 216 g/mol. The molecule has 4 heteroatoms. The Labute approximate surface area is 101 Å². The van der Waals surface area contributed by atoms with Crippen molar-refractivity contribution in [2.75, 3.05) is 19.0 Å². The lowest BCUT2D eigenvalue weighted by atomic mass is 10.00. The fourth-order valence-corrected chi connectivity index (χ4v) is 2.12. The molecule has 0 saturated carbocycles. The standard InChI is InChI=1S/C13H18N2O2/c1-8(14-2)13(17)9-4-5-11-10(6-9)7-12(16)15(11)3/h4-6,8,13-14,17H,7H2,1-3H3. The van der Waals surface area contributed by atoms with Gasteiger partial charge < -0.3 is 15.3 Å². The summed E-state index contributed by atoms with van der Waals surface area (Å²) in [6.07, 6.45) is -0.119. The first-order valence-electron chi connectivity index (χ1n) is 5.79. The maximum Gasteiger partial charge on any atom is 0.231 e. The predicted octanol–water partition coefficient (Wildman–Crippen LogP) is 0.847. The Morgan fingerprint density at radius 3 is 2.82 bits per heavy atom. The number of likely N-dealkylation sites (N-methyl/N-ethyl adjacent to an activating group) is 2. The number of hydrogen-bond acceptors (Lipinski definition) is 3. The molecule has 1 heterocycles. The topological polar surface area (TPSA) is 52.6 Å². The monoisotopic (exact) mass is 234 g/mol. The molecule has 0 radical (unpaired) electrons. The van der Waals surface area contributed by atoms with Crippen LogP contribution in [0.15, 0.2) is 18.2 Å². The molecule has 1 aliphatic heterocycles. The lowest BCUT2D eigenvalue weighted by molar-refractivity contribution is -0.117. The second-order valence-corrected chi connectivity index (χ2v) is 4.54. The van der Waals surface area contributed by atoms with Crippen LogP contribution in [0.4, 0.5) is 5.69 Å². The Hall–Kier alpha value is -1.39. The zero-order chi connectivity index (χ0) is 12.6. The molecule has 17 heavy (non-hydrogen) atoms. The van der Waals surface area contributed by atoms with Crippen molar-refractivity contribution in [1.82, 2.24) is 5.32 Å². The van der Waals surface area contributed by atoms with Crippen molar-refractivity contribution in [3.05, 3.63) is 29.3 Å². The summed E-state index contributed by atoms with van der Waals surface area (Å²) in [5.41, 5.74) is 2.80. The van der Waals surface area contributed by atoms with E-state index in [1.807, 2.05) is 32.2 Å². The van der Waals surface area contributed by atoms with E-state index in [0.29, 0.717) is 6.42 Å². The van der Waals surface area contributed by atoms with Gasteiger partial charge >= 0.3 is 0 Å². The van der Waals surface area contributed by atoms with Gasteiger partial charge in [-0.1, -0.05) is 12.1 Å². The Kier molecular flexibility index (Phi) is 3.17. The van der Waals surface area contributed by atoms with Crippen molar-refractivity contribution >= 4 is 11.6 Å². The van der Waals surface area contributed by atoms with E-state index in [1.54, 1.807) is 11.9 Å². The summed E-state index contributed by atoms with van der Waals surface area (Å²) in [5, 5.41) is 13.1. The van der Waals surface area contributed by atoms with Crippen molar-refractivity contribution in [2.24, 2.45) is 0 Å². The van der Waals surface area contributed by atoms with Gasteiger partial charge in [0, 0.05) is 18.8 Å². The van der Waals surface area contributed by atoms with Gasteiger partial charge in [0.15, 0.2) is 0 Å². The number of rotatable bonds is 3. The molecule has 2 atom stereocenters. The van der Waals surface area contributed by atoms with E-state index >= 15 is 0 Å². The molecule has 1 aromatic rings. The Bertz CT molecular complexity index is 445. The summed E-state index contributed by atoms with van der Waals surface area (Å²) in [7, 11) is 3.60. The fourth-order valence-electron chi connectivity index (χ4n) is 2.12. The van der Waals surface area contributed by atoms with Crippen LogP contribution >= 0.6 is 0 Å². The van der Waals surface area contributed by atoms with Gasteiger partial charge in [0.25, 0.3) is 0 Å². The SMILES string of the molecule is CNC(C)C(O)c1ccc2c(c1)CC(=O)N2C. The van der Waals surface area contributed by atoms with Crippen molar-refractivity contribution in [2.45, 2.75) is 25.5 Å². The summed E-state index contributed by atoms with van der Waals surface area (Å²) < 4.78 is 0. The molecule has 4 nitrogen and oxygen atoms in total. The molecule has 0 saturated heterocycles. The summed E-state index contributed by atoms with van der Waals surface area (Å²) in [5.74, 6) is 0.105. The van der Waals surface area contributed by atoms with E-state index in [0.717, 1.165) is 16.8 Å². The van der Waals surface area contributed by atoms with Crippen molar-refractivity contribution in [1.29, 1.82) is 0 Å². The molecule has 0 bridgehead atoms. The molecule has 1 aromatic carbocycles. The van der Waals surface area contributed by atoms with Crippen molar-refractivity contribution < 1.29 is 9.90 Å². The molecule has 2 rings (SSSR count). The van der Waals surface area contributed by atoms with Gasteiger partial charge in [0.05, 0.1) is 12.5 Å². The zero-order valence-electron chi connectivity index (χ0n) is 10.4. The number of carbonyl (C=O) groups excluding carboxylic acids is 1. The highest BCUT2D eigenvalue weighted by molar-refractivity contribution is 6.00. The molecular formula is C13H18N2O2. The van der Waals surface area contributed by atoms with E-state index in [4.69, 9.17) is 0 Å². The van der Waals surface area contributed by atoms with Gasteiger partial charge in [-0.2, -0.15) is 0 Å². The van der Waals surface area contributed by atoms with Crippen LogP contribution in [-0.2, 0) is 11.2 Å². The normalized spacial score (nSPS) is 18.1. The molecule has 0 aromatic heterocycles. The molecule has 0 spiro atoms. The van der Waals surface area contributed by atoms with E-state index < -0.39 is 6.10 Å². The van der Waals surface area contributed by atoms with Crippen LogP contribution < -0.4 is 10.2 Å². The number of carbonyl (C=O) groups is 1. The molecule has 2 unspecified atom stereocenters. The number of hydrogen-bond donors (Lipinski definition) is 2. The van der Waals surface area contributed by atoms with E-state index in [1.165, 1.54) is 0 Å². The van der Waals surface area contributed by atoms with E-state index in [2.05, 4.69) is 5.32 Å². The lowest BCUT2D eigenvalue weighted by Gasteiger charge is -2.19. The minimum Gasteiger partial charge on any atom is -0.387 e. The zero-order valence-corrected chi connectivity index (χ0v) is 10.4. The van der Waals surface area contributed by atoms with E-state index in [-0.39, 0.29) is 11.9 Å². The number of amides is 1. The summed E-state index contributed by atoms with van der Waals surface area (Å²) in [6.45, 7) is 1.93. The highest BCUT2D eigenvalue weighted by atomic mass is 16.3. The molecule has 1 amide bonds. The van der Waals surface area contributed by atoms with Crippen LogP contribution in [0, 0.1) is 0 Å². The number of benzene rings is 1.